The fourth-order valence-electron chi connectivity index (χ4n) is 4.54. The Labute approximate surface area is 139 Å². The highest BCUT2D eigenvalue weighted by atomic mass is 16.4. The van der Waals surface area contributed by atoms with Crippen LogP contribution >= 0.6 is 0 Å². The van der Waals surface area contributed by atoms with Crippen molar-refractivity contribution in [3.63, 3.8) is 0 Å². The number of ketones is 1. The minimum absolute atomic E-state index is 0.215. The number of benzene rings is 1. The largest absolute Gasteiger partial charge is 0.480 e. The fraction of sp³-hybridized carbons (Fsp3) is 0.600. The van der Waals surface area contributed by atoms with Crippen LogP contribution in [0.1, 0.15) is 61.8 Å². The third-order valence-corrected chi connectivity index (χ3v) is 5.91. The monoisotopic (exact) mass is 316 g/mol. The van der Waals surface area contributed by atoms with Crippen molar-refractivity contribution in [3.8, 4) is 0 Å². The summed E-state index contributed by atoms with van der Waals surface area (Å²) in [6, 6.07) is 4.19. The van der Waals surface area contributed by atoms with E-state index in [1.807, 2.05) is 20.8 Å². The standard InChI is InChI=1S/C20H28O3/c1-11-7-13(3)18(14(4)8-11)17-9-12(2)15(5)10-20(17,16(6)21)19(22)23/h7-8,12,15,17H,9-10H2,1-6H3,(H,22,23). The van der Waals surface area contributed by atoms with Crippen molar-refractivity contribution in [1.82, 2.24) is 0 Å². The number of carboxylic acid groups (broad SMARTS) is 1. The van der Waals surface area contributed by atoms with Gasteiger partial charge in [0.1, 0.15) is 11.2 Å². The first-order valence-electron chi connectivity index (χ1n) is 8.43. The lowest BCUT2D eigenvalue weighted by atomic mass is 9.56. The number of carbonyl (C=O) groups is 2. The van der Waals surface area contributed by atoms with Gasteiger partial charge in [0.15, 0.2) is 0 Å². The van der Waals surface area contributed by atoms with E-state index in [0.717, 1.165) is 23.1 Å². The van der Waals surface area contributed by atoms with E-state index in [0.29, 0.717) is 12.3 Å². The minimum Gasteiger partial charge on any atom is -0.480 e. The number of rotatable bonds is 3. The van der Waals surface area contributed by atoms with Crippen molar-refractivity contribution >= 4 is 11.8 Å². The van der Waals surface area contributed by atoms with Gasteiger partial charge in [0, 0.05) is 5.92 Å². The van der Waals surface area contributed by atoms with Gasteiger partial charge in [-0.1, -0.05) is 31.5 Å². The molecular weight excluding hydrogens is 288 g/mol. The van der Waals surface area contributed by atoms with E-state index >= 15 is 0 Å². The van der Waals surface area contributed by atoms with Crippen LogP contribution in [0.25, 0.3) is 0 Å². The van der Waals surface area contributed by atoms with Crippen molar-refractivity contribution in [2.75, 3.05) is 0 Å². The summed E-state index contributed by atoms with van der Waals surface area (Å²) in [5.74, 6) is -0.783. The van der Waals surface area contributed by atoms with E-state index in [-0.39, 0.29) is 17.6 Å². The van der Waals surface area contributed by atoms with Gasteiger partial charge in [0.05, 0.1) is 0 Å². The minimum atomic E-state index is -1.29. The molecule has 1 aromatic rings. The Morgan fingerprint density at radius 3 is 2.04 bits per heavy atom. The number of Topliss-reactive ketones (excluding diaryl/α,β-unsaturated/α-hetero) is 1. The van der Waals surface area contributed by atoms with Gasteiger partial charge in [-0.2, -0.15) is 0 Å². The number of hydrogen-bond acceptors (Lipinski definition) is 2. The van der Waals surface area contributed by atoms with Crippen LogP contribution in [0.4, 0.5) is 0 Å². The van der Waals surface area contributed by atoms with E-state index < -0.39 is 11.4 Å². The van der Waals surface area contributed by atoms with Gasteiger partial charge >= 0.3 is 5.97 Å². The maximum Gasteiger partial charge on any atom is 0.317 e. The summed E-state index contributed by atoms with van der Waals surface area (Å²) >= 11 is 0. The molecule has 0 amide bonds. The summed E-state index contributed by atoms with van der Waals surface area (Å²) in [7, 11) is 0. The van der Waals surface area contributed by atoms with Crippen LogP contribution in [-0.2, 0) is 9.59 Å². The van der Waals surface area contributed by atoms with E-state index in [1.165, 1.54) is 12.5 Å². The first kappa shape index (κ1) is 17.7. The quantitative estimate of drug-likeness (QED) is 0.840. The van der Waals surface area contributed by atoms with Crippen molar-refractivity contribution in [1.29, 1.82) is 0 Å². The van der Waals surface area contributed by atoms with Gasteiger partial charge in [-0.25, -0.2) is 0 Å². The average molecular weight is 316 g/mol. The molecule has 1 aliphatic rings. The third kappa shape index (κ3) is 2.82. The van der Waals surface area contributed by atoms with Gasteiger partial charge in [-0.05, 0) is 69.1 Å². The Bertz CT molecular complexity index is 607. The van der Waals surface area contributed by atoms with Crippen LogP contribution in [0.2, 0.25) is 0 Å². The summed E-state index contributed by atoms with van der Waals surface area (Å²) in [6.45, 7) is 11.8. The molecule has 23 heavy (non-hydrogen) atoms. The maximum atomic E-state index is 12.5. The van der Waals surface area contributed by atoms with Gasteiger partial charge in [0.25, 0.3) is 0 Å². The zero-order valence-electron chi connectivity index (χ0n) is 15.1. The Morgan fingerprint density at radius 2 is 1.61 bits per heavy atom. The summed E-state index contributed by atoms with van der Waals surface area (Å²) in [6.07, 6.45) is 1.17. The Kier molecular flexibility index (Phi) is 4.70. The molecule has 1 fully saturated rings. The average Bonchev–Trinajstić information content (AvgIpc) is 2.40. The van der Waals surface area contributed by atoms with Crippen LogP contribution in [0.15, 0.2) is 12.1 Å². The highest BCUT2D eigenvalue weighted by Crippen LogP contribution is 2.53. The van der Waals surface area contributed by atoms with E-state index in [9.17, 15) is 14.7 Å². The molecule has 1 saturated carbocycles. The zero-order valence-corrected chi connectivity index (χ0v) is 15.1. The molecule has 2 rings (SSSR count). The van der Waals surface area contributed by atoms with Crippen LogP contribution in [-0.4, -0.2) is 16.9 Å². The predicted molar refractivity (Wildman–Crippen MR) is 91.7 cm³/mol. The molecule has 3 nitrogen and oxygen atoms in total. The van der Waals surface area contributed by atoms with Crippen molar-refractivity contribution < 1.29 is 14.7 Å². The molecule has 4 unspecified atom stereocenters. The van der Waals surface area contributed by atoms with Gasteiger partial charge in [-0.3, -0.25) is 9.59 Å². The molecule has 0 saturated heterocycles. The van der Waals surface area contributed by atoms with Gasteiger partial charge in [-0.15, -0.1) is 0 Å². The van der Waals surface area contributed by atoms with E-state index in [2.05, 4.69) is 26.0 Å². The Hall–Kier alpha value is -1.64. The fourth-order valence-corrected chi connectivity index (χ4v) is 4.54. The summed E-state index contributed by atoms with van der Waals surface area (Å²) in [4.78, 5) is 24.7. The molecule has 3 heteroatoms. The number of aliphatic carboxylic acids is 1. The lowest BCUT2D eigenvalue weighted by Crippen LogP contribution is -2.49. The Balaban J connectivity index is 2.69. The number of aryl methyl sites for hydroxylation is 3. The second-order valence-electron chi connectivity index (χ2n) is 7.59. The first-order chi connectivity index (χ1) is 10.6. The smallest absolute Gasteiger partial charge is 0.317 e. The summed E-state index contributed by atoms with van der Waals surface area (Å²) in [5.41, 5.74) is 3.13. The number of carboxylic acids is 1. The van der Waals surface area contributed by atoms with Gasteiger partial charge < -0.3 is 5.11 Å². The topological polar surface area (TPSA) is 54.4 Å². The van der Waals surface area contributed by atoms with Gasteiger partial charge in [0.2, 0.25) is 0 Å². The van der Waals surface area contributed by atoms with Crippen LogP contribution in [0.3, 0.4) is 0 Å². The maximum absolute atomic E-state index is 12.5. The molecule has 0 heterocycles. The lowest BCUT2D eigenvalue weighted by Gasteiger charge is -2.45. The van der Waals surface area contributed by atoms with Crippen LogP contribution < -0.4 is 0 Å². The molecule has 0 bridgehead atoms. The highest BCUT2D eigenvalue weighted by molar-refractivity contribution is 6.03. The van der Waals surface area contributed by atoms with E-state index in [1.54, 1.807) is 0 Å². The summed E-state index contributed by atoms with van der Waals surface area (Å²) < 4.78 is 0. The number of carbonyl (C=O) groups excluding carboxylic acids is 1. The Morgan fingerprint density at radius 1 is 1.09 bits per heavy atom. The van der Waals surface area contributed by atoms with Crippen LogP contribution in [0.5, 0.6) is 0 Å². The van der Waals surface area contributed by atoms with Crippen molar-refractivity contribution in [3.05, 3.63) is 34.4 Å². The highest BCUT2D eigenvalue weighted by Gasteiger charge is 2.55. The third-order valence-electron chi connectivity index (χ3n) is 5.91. The predicted octanol–water partition coefficient (Wildman–Crippen LogP) is 4.42. The van der Waals surface area contributed by atoms with Crippen molar-refractivity contribution in [2.24, 2.45) is 17.3 Å². The SMILES string of the molecule is CC(=O)C1(C(=O)O)CC(C)C(C)CC1c1c(C)cc(C)cc1C. The molecule has 0 aromatic heterocycles. The molecular formula is C20H28O3. The summed E-state index contributed by atoms with van der Waals surface area (Å²) in [5, 5.41) is 10.0. The zero-order chi connectivity index (χ0) is 17.5. The molecule has 1 N–H and O–H groups in total. The second-order valence-corrected chi connectivity index (χ2v) is 7.59. The lowest BCUT2D eigenvalue weighted by molar-refractivity contribution is -0.160. The molecule has 126 valence electrons. The van der Waals surface area contributed by atoms with E-state index in [4.69, 9.17) is 0 Å². The van der Waals surface area contributed by atoms with Crippen LogP contribution in [0, 0.1) is 38.0 Å². The molecule has 0 radical (unpaired) electrons. The second kappa shape index (κ2) is 6.10. The molecule has 1 aliphatic carbocycles. The first-order valence-corrected chi connectivity index (χ1v) is 8.43. The molecule has 4 atom stereocenters. The normalized spacial score (nSPS) is 31.0. The number of hydrogen-bond donors (Lipinski definition) is 1. The molecule has 1 aromatic carbocycles. The molecule has 0 spiro atoms. The van der Waals surface area contributed by atoms with Crippen molar-refractivity contribution in [2.45, 2.75) is 60.3 Å². The molecule has 0 aliphatic heterocycles.